The number of nitrogens with two attached hydrogens (primary N) is 1. The van der Waals surface area contributed by atoms with Gasteiger partial charge in [0.1, 0.15) is 0 Å². The Hall–Kier alpha value is -1.96. The maximum absolute atomic E-state index is 6.22. The molecule has 2 aromatic carbocycles. The Morgan fingerprint density at radius 3 is 2.68 bits per heavy atom. The maximum atomic E-state index is 6.22. The van der Waals surface area contributed by atoms with Gasteiger partial charge in [-0.25, -0.2) is 0 Å². The normalized spacial score (nSPS) is 14.9. The van der Waals surface area contributed by atoms with Crippen molar-refractivity contribution in [1.29, 1.82) is 0 Å². The summed E-state index contributed by atoms with van der Waals surface area (Å²) in [4.78, 5) is 2.37. The zero-order valence-corrected chi connectivity index (χ0v) is 11.4. The average molecular weight is 252 g/mol. The van der Waals surface area contributed by atoms with Crippen LogP contribution in [0.2, 0.25) is 0 Å². The van der Waals surface area contributed by atoms with Crippen molar-refractivity contribution in [2.24, 2.45) is 0 Å². The summed E-state index contributed by atoms with van der Waals surface area (Å²) in [6, 6.07) is 15.0. The van der Waals surface area contributed by atoms with Gasteiger partial charge in [0.25, 0.3) is 0 Å². The summed E-state index contributed by atoms with van der Waals surface area (Å²) in [6.45, 7) is 3.13. The second kappa shape index (κ2) is 4.96. The molecule has 2 nitrogen and oxygen atoms in total. The zero-order valence-electron chi connectivity index (χ0n) is 11.4. The third-order valence-electron chi connectivity index (χ3n) is 3.83. The second-order valence-electron chi connectivity index (χ2n) is 5.30. The number of nitrogen functional groups attached to an aromatic ring is 1. The molecular weight excluding hydrogens is 232 g/mol. The molecule has 0 radical (unpaired) electrons. The Kier molecular flexibility index (Phi) is 3.16. The Morgan fingerprint density at radius 2 is 1.84 bits per heavy atom. The quantitative estimate of drug-likeness (QED) is 0.776. The molecule has 1 aliphatic heterocycles. The monoisotopic (exact) mass is 252 g/mol. The molecule has 0 saturated heterocycles. The average Bonchev–Trinajstić information content (AvgIpc) is 2.61. The minimum atomic E-state index is 0.872. The first-order chi connectivity index (χ1) is 9.25. The summed E-state index contributed by atoms with van der Waals surface area (Å²) in [5, 5.41) is 0. The molecule has 2 aromatic rings. The summed E-state index contributed by atoms with van der Waals surface area (Å²) in [7, 11) is 0. The van der Waals surface area contributed by atoms with E-state index in [0.29, 0.717) is 0 Å². The molecule has 98 valence electrons. The lowest BCUT2D eigenvalue weighted by Crippen LogP contribution is -2.19. The van der Waals surface area contributed by atoms with Crippen molar-refractivity contribution in [3.63, 3.8) is 0 Å². The number of rotatable bonds is 1. The van der Waals surface area contributed by atoms with Crippen LogP contribution in [0.15, 0.2) is 42.5 Å². The minimum Gasteiger partial charge on any atom is -0.397 e. The van der Waals surface area contributed by atoms with Crippen molar-refractivity contribution in [3.8, 4) is 0 Å². The SMILES string of the molecule is Cc1ccc(N2CCCCc3ccccc32)c(N)c1. The summed E-state index contributed by atoms with van der Waals surface area (Å²) >= 11 is 0. The van der Waals surface area contributed by atoms with Gasteiger partial charge in [-0.3, -0.25) is 0 Å². The first-order valence-electron chi connectivity index (χ1n) is 6.97. The molecule has 0 fully saturated rings. The fraction of sp³-hybridized carbons (Fsp3) is 0.294. The number of hydrogen-bond acceptors (Lipinski definition) is 2. The smallest absolute Gasteiger partial charge is 0.0644 e. The molecule has 0 atom stereocenters. The molecule has 0 spiro atoms. The highest BCUT2D eigenvalue weighted by Crippen LogP contribution is 2.35. The van der Waals surface area contributed by atoms with Gasteiger partial charge in [0, 0.05) is 12.2 Å². The number of nitrogens with zero attached hydrogens (tertiary/aromatic N) is 1. The van der Waals surface area contributed by atoms with Gasteiger partial charge >= 0.3 is 0 Å². The highest BCUT2D eigenvalue weighted by atomic mass is 15.1. The summed E-state index contributed by atoms with van der Waals surface area (Å²) in [5.41, 5.74) is 12.2. The van der Waals surface area contributed by atoms with E-state index in [9.17, 15) is 0 Å². The molecule has 3 rings (SSSR count). The van der Waals surface area contributed by atoms with Crippen LogP contribution in [0.4, 0.5) is 17.1 Å². The minimum absolute atomic E-state index is 0.872. The standard InChI is InChI=1S/C17H20N2/c1-13-9-10-17(15(18)12-13)19-11-5-4-7-14-6-2-3-8-16(14)19/h2-3,6,8-10,12H,4-5,7,11,18H2,1H3. The zero-order chi connectivity index (χ0) is 13.2. The van der Waals surface area contributed by atoms with Crippen molar-refractivity contribution in [1.82, 2.24) is 0 Å². The number of anilines is 3. The first-order valence-corrected chi connectivity index (χ1v) is 6.97. The van der Waals surface area contributed by atoms with Gasteiger partial charge in [-0.1, -0.05) is 24.3 Å². The number of benzene rings is 2. The van der Waals surface area contributed by atoms with Crippen LogP contribution in [0.3, 0.4) is 0 Å². The van der Waals surface area contributed by atoms with Gasteiger partial charge in [0.2, 0.25) is 0 Å². The number of fused-ring (bicyclic) bond motifs is 1. The topological polar surface area (TPSA) is 29.3 Å². The fourth-order valence-corrected chi connectivity index (χ4v) is 2.86. The Balaban J connectivity index is 2.09. The van der Waals surface area contributed by atoms with Gasteiger partial charge in [-0.15, -0.1) is 0 Å². The fourth-order valence-electron chi connectivity index (χ4n) is 2.86. The third-order valence-corrected chi connectivity index (χ3v) is 3.83. The third kappa shape index (κ3) is 2.30. The van der Waals surface area contributed by atoms with E-state index in [1.165, 1.54) is 36.1 Å². The van der Waals surface area contributed by atoms with Crippen LogP contribution >= 0.6 is 0 Å². The van der Waals surface area contributed by atoms with Gasteiger partial charge in [0.15, 0.2) is 0 Å². The van der Waals surface area contributed by atoms with Crippen molar-refractivity contribution in [3.05, 3.63) is 53.6 Å². The number of hydrogen-bond donors (Lipinski definition) is 1. The molecule has 0 amide bonds. The van der Waals surface area contributed by atoms with Gasteiger partial charge in [0.05, 0.1) is 11.4 Å². The summed E-state index contributed by atoms with van der Waals surface area (Å²) in [5.74, 6) is 0. The summed E-state index contributed by atoms with van der Waals surface area (Å²) < 4.78 is 0. The molecule has 0 saturated carbocycles. The van der Waals surface area contributed by atoms with Gasteiger partial charge in [-0.05, 0) is 55.5 Å². The molecule has 2 N–H and O–H groups in total. The molecule has 0 aliphatic carbocycles. The van der Waals surface area contributed by atoms with Crippen LogP contribution in [0.1, 0.15) is 24.0 Å². The molecule has 1 heterocycles. The number of aryl methyl sites for hydroxylation is 2. The highest BCUT2D eigenvalue weighted by molar-refractivity contribution is 5.77. The Bertz CT molecular complexity index is 590. The Morgan fingerprint density at radius 1 is 1.00 bits per heavy atom. The van der Waals surface area contributed by atoms with Crippen molar-refractivity contribution in [2.45, 2.75) is 26.2 Å². The molecule has 0 aromatic heterocycles. The van der Waals surface area contributed by atoms with Crippen LogP contribution in [0, 0.1) is 6.92 Å². The van der Waals surface area contributed by atoms with Crippen molar-refractivity contribution >= 4 is 17.1 Å². The van der Waals surface area contributed by atoms with E-state index in [2.05, 4.69) is 54.3 Å². The van der Waals surface area contributed by atoms with E-state index in [1.54, 1.807) is 0 Å². The van der Waals surface area contributed by atoms with Crippen LogP contribution < -0.4 is 10.6 Å². The lowest BCUT2D eigenvalue weighted by Gasteiger charge is -2.26. The lowest BCUT2D eigenvalue weighted by atomic mass is 10.1. The van der Waals surface area contributed by atoms with E-state index in [0.717, 1.165) is 17.9 Å². The van der Waals surface area contributed by atoms with Crippen LogP contribution in [0.5, 0.6) is 0 Å². The van der Waals surface area contributed by atoms with E-state index in [4.69, 9.17) is 5.73 Å². The summed E-state index contributed by atoms with van der Waals surface area (Å²) in [6.07, 6.45) is 3.62. The van der Waals surface area contributed by atoms with Gasteiger partial charge in [-0.2, -0.15) is 0 Å². The van der Waals surface area contributed by atoms with E-state index >= 15 is 0 Å². The van der Waals surface area contributed by atoms with E-state index in [1.807, 2.05) is 0 Å². The van der Waals surface area contributed by atoms with Crippen LogP contribution in [0.25, 0.3) is 0 Å². The number of para-hydroxylation sites is 1. The van der Waals surface area contributed by atoms with E-state index in [-0.39, 0.29) is 0 Å². The maximum Gasteiger partial charge on any atom is 0.0644 e. The largest absolute Gasteiger partial charge is 0.397 e. The molecular formula is C17H20N2. The second-order valence-corrected chi connectivity index (χ2v) is 5.30. The predicted octanol–water partition coefficient (Wildman–Crippen LogP) is 4.05. The molecule has 19 heavy (non-hydrogen) atoms. The van der Waals surface area contributed by atoms with Crippen molar-refractivity contribution < 1.29 is 0 Å². The Labute approximate surface area is 114 Å². The first kappa shape index (κ1) is 12.1. The van der Waals surface area contributed by atoms with E-state index < -0.39 is 0 Å². The lowest BCUT2D eigenvalue weighted by molar-refractivity contribution is 0.761. The molecule has 1 aliphatic rings. The van der Waals surface area contributed by atoms with Gasteiger partial charge < -0.3 is 10.6 Å². The molecule has 0 bridgehead atoms. The van der Waals surface area contributed by atoms with Crippen LogP contribution in [-0.2, 0) is 6.42 Å². The van der Waals surface area contributed by atoms with Crippen LogP contribution in [-0.4, -0.2) is 6.54 Å². The molecule has 0 unspecified atom stereocenters. The highest BCUT2D eigenvalue weighted by Gasteiger charge is 2.17. The van der Waals surface area contributed by atoms with Crippen molar-refractivity contribution in [2.75, 3.05) is 17.2 Å². The molecule has 2 heteroatoms. The predicted molar refractivity (Wildman–Crippen MR) is 82.0 cm³/mol.